The normalized spacial score (nSPS) is 26.0. The maximum atomic E-state index is 6.34. The Morgan fingerprint density at radius 1 is 1.24 bits per heavy atom. The lowest BCUT2D eigenvalue weighted by Gasteiger charge is -2.36. The van der Waals surface area contributed by atoms with Crippen LogP contribution in [0.5, 0.6) is 0 Å². The molecule has 0 bridgehead atoms. The van der Waals surface area contributed by atoms with E-state index >= 15 is 0 Å². The molecule has 4 heteroatoms. The highest BCUT2D eigenvalue weighted by Crippen LogP contribution is 2.41. The largest absolute Gasteiger partial charge is 0.313 e. The van der Waals surface area contributed by atoms with Crippen molar-refractivity contribution in [3.8, 4) is 0 Å². The molecule has 1 fully saturated rings. The van der Waals surface area contributed by atoms with Crippen molar-refractivity contribution in [2.75, 3.05) is 6.54 Å². The summed E-state index contributed by atoms with van der Waals surface area (Å²) >= 11 is 14.4. The number of nitrogens with one attached hydrogen (secondary N) is 1. The highest BCUT2D eigenvalue weighted by atomic mass is 35.5. The molecule has 1 N–H and O–H groups in total. The van der Waals surface area contributed by atoms with Gasteiger partial charge in [0, 0.05) is 21.2 Å². The van der Waals surface area contributed by atoms with E-state index in [4.69, 9.17) is 23.2 Å². The zero-order chi connectivity index (χ0) is 15.2. The predicted molar refractivity (Wildman–Crippen MR) is 95.8 cm³/mol. The molecule has 1 aliphatic rings. The fourth-order valence-electron chi connectivity index (χ4n) is 3.24. The average molecular weight is 346 g/mol. The molecule has 0 amide bonds. The smallest absolute Gasteiger partial charge is 0.0543 e. The fourth-order valence-corrected chi connectivity index (χ4v) is 5.19. The molecule has 118 valence electrons. The summed E-state index contributed by atoms with van der Waals surface area (Å²) in [7, 11) is 0. The van der Waals surface area contributed by atoms with Gasteiger partial charge in [-0.2, -0.15) is 0 Å². The average Bonchev–Trinajstić information content (AvgIpc) is 2.46. The number of thioether (sulfide) groups is 1. The van der Waals surface area contributed by atoms with Crippen LogP contribution in [0.1, 0.15) is 46.0 Å². The monoisotopic (exact) mass is 345 g/mol. The second-order valence-electron chi connectivity index (χ2n) is 5.86. The Kier molecular flexibility index (Phi) is 7.21. The Bertz CT molecular complexity index is 452. The molecule has 3 unspecified atom stereocenters. The van der Waals surface area contributed by atoms with E-state index in [1.54, 1.807) is 0 Å². The quantitative estimate of drug-likeness (QED) is 0.675. The van der Waals surface area contributed by atoms with Crippen LogP contribution in [0.25, 0.3) is 0 Å². The molecule has 1 aromatic rings. The third kappa shape index (κ3) is 5.06. The van der Waals surface area contributed by atoms with Gasteiger partial charge in [0.05, 0.1) is 5.02 Å². The Labute approximate surface area is 143 Å². The van der Waals surface area contributed by atoms with Gasteiger partial charge in [0.1, 0.15) is 0 Å². The highest BCUT2D eigenvalue weighted by Gasteiger charge is 2.30. The lowest BCUT2D eigenvalue weighted by atomic mass is 9.83. The van der Waals surface area contributed by atoms with Gasteiger partial charge in [-0.1, -0.05) is 49.9 Å². The van der Waals surface area contributed by atoms with Crippen molar-refractivity contribution in [1.82, 2.24) is 5.32 Å². The first-order valence-electron chi connectivity index (χ1n) is 7.99. The van der Waals surface area contributed by atoms with Crippen molar-refractivity contribution in [1.29, 1.82) is 0 Å². The lowest BCUT2D eigenvalue weighted by molar-refractivity contribution is 0.289. The van der Waals surface area contributed by atoms with E-state index in [9.17, 15) is 0 Å². The summed E-state index contributed by atoms with van der Waals surface area (Å²) in [6.45, 7) is 5.50. The van der Waals surface area contributed by atoms with Gasteiger partial charge in [0.15, 0.2) is 0 Å². The van der Waals surface area contributed by atoms with Crippen LogP contribution in [0, 0.1) is 5.92 Å². The third-order valence-corrected chi connectivity index (χ3v) is 6.33. The third-order valence-electron chi connectivity index (χ3n) is 4.24. The molecule has 3 atom stereocenters. The number of hydrogen-bond acceptors (Lipinski definition) is 2. The van der Waals surface area contributed by atoms with E-state index in [0.29, 0.717) is 11.3 Å². The first kappa shape index (κ1) is 17.5. The first-order chi connectivity index (χ1) is 10.1. The standard InChI is InChI=1S/C17H25Cl2NS/c1-3-5-12-6-9-15(20-4-2)17(10-12)21-16-11-13(18)7-8-14(16)19/h7-8,11-12,15,17,20H,3-6,9-10H2,1-2H3. The van der Waals surface area contributed by atoms with E-state index in [0.717, 1.165) is 27.4 Å². The maximum Gasteiger partial charge on any atom is 0.0543 e. The predicted octanol–water partition coefficient (Wildman–Crippen LogP) is 6.03. The molecule has 1 aromatic carbocycles. The summed E-state index contributed by atoms with van der Waals surface area (Å²) in [6, 6.07) is 6.35. The van der Waals surface area contributed by atoms with Crippen molar-refractivity contribution in [2.45, 2.75) is 62.1 Å². The minimum absolute atomic E-state index is 0.586. The van der Waals surface area contributed by atoms with Gasteiger partial charge in [-0.3, -0.25) is 0 Å². The van der Waals surface area contributed by atoms with Gasteiger partial charge in [-0.15, -0.1) is 11.8 Å². The van der Waals surface area contributed by atoms with Crippen LogP contribution in [0.2, 0.25) is 10.0 Å². The zero-order valence-corrected chi connectivity index (χ0v) is 15.2. The Hall–Kier alpha value is 0.110. The van der Waals surface area contributed by atoms with Crippen LogP contribution < -0.4 is 5.32 Å². The second kappa shape index (κ2) is 8.67. The van der Waals surface area contributed by atoms with Crippen LogP contribution in [-0.4, -0.2) is 17.8 Å². The summed E-state index contributed by atoms with van der Waals surface area (Å²) in [4.78, 5) is 1.12. The Morgan fingerprint density at radius 2 is 2.05 bits per heavy atom. The van der Waals surface area contributed by atoms with Gasteiger partial charge >= 0.3 is 0 Å². The summed E-state index contributed by atoms with van der Waals surface area (Å²) in [5.74, 6) is 0.861. The summed E-state index contributed by atoms with van der Waals surface area (Å²) in [5.41, 5.74) is 0. The molecule has 0 spiro atoms. The Balaban J connectivity index is 2.09. The minimum Gasteiger partial charge on any atom is -0.313 e. The van der Waals surface area contributed by atoms with Crippen molar-refractivity contribution < 1.29 is 0 Å². The van der Waals surface area contributed by atoms with Crippen LogP contribution in [0.3, 0.4) is 0 Å². The van der Waals surface area contributed by atoms with E-state index in [1.807, 2.05) is 30.0 Å². The second-order valence-corrected chi connectivity index (χ2v) is 7.99. The van der Waals surface area contributed by atoms with Crippen LogP contribution >= 0.6 is 35.0 Å². The van der Waals surface area contributed by atoms with Gasteiger partial charge in [0.25, 0.3) is 0 Å². The minimum atomic E-state index is 0.586. The zero-order valence-electron chi connectivity index (χ0n) is 12.9. The molecule has 1 aliphatic carbocycles. The van der Waals surface area contributed by atoms with Crippen molar-refractivity contribution in [3.05, 3.63) is 28.2 Å². The number of benzene rings is 1. The molecule has 0 aliphatic heterocycles. The summed E-state index contributed by atoms with van der Waals surface area (Å²) < 4.78 is 0. The molecule has 21 heavy (non-hydrogen) atoms. The lowest BCUT2D eigenvalue weighted by Crippen LogP contribution is -2.42. The molecule has 1 nitrogen and oxygen atoms in total. The SMILES string of the molecule is CCCC1CCC(NCC)C(Sc2cc(Cl)ccc2Cl)C1. The number of halogens is 2. The highest BCUT2D eigenvalue weighted by molar-refractivity contribution is 8.00. The van der Waals surface area contributed by atoms with E-state index in [-0.39, 0.29) is 0 Å². The van der Waals surface area contributed by atoms with Gasteiger partial charge in [-0.25, -0.2) is 0 Å². The van der Waals surface area contributed by atoms with Crippen molar-refractivity contribution >= 4 is 35.0 Å². The molecule has 0 saturated heterocycles. The topological polar surface area (TPSA) is 12.0 Å². The maximum absolute atomic E-state index is 6.34. The van der Waals surface area contributed by atoms with Crippen LogP contribution in [0.4, 0.5) is 0 Å². The fraction of sp³-hybridized carbons (Fsp3) is 0.647. The van der Waals surface area contributed by atoms with Crippen LogP contribution in [-0.2, 0) is 0 Å². The Morgan fingerprint density at radius 3 is 2.76 bits per heavy atom. The molecule has 0 aromatic heterocycles. The van der Waals surface area contributed by atoms with Gasteiger partial charge < -0.3 is 5.32 Å². The van der Waals surface area contributed by atoms with Gasteiger partial charge in [0.2, 0.25) is 0 Å². The molecule has 0 radical (unpaired) electrons. The van der Waals surface area contributed by atoms with Crippen molar-refractivity contribution in [3.63, 3.8) is 0 Å². The molecule has 2 rings (SSSR count). The number of rotatable bonds is 6. The summed E-state index contributed by atoms with van der Waals surface area (Å²) in [5, 5.41) is 5.83. The molecule has 1 saturated carbocycles. The van der Waals surface area contributed by atoms with Crippen molar-refractivity contribution in [2.24, 2.45) is 5.92 Å². The van der Waals surface area contributed by atoms with E-state index < -0.39 is 0 Å². The first-order valence-corrected chi connectivity index (χ1v) is 9.62. The molecule has 0 heterocycles. The molecular weight excluding hydrogens is 321 g/mol. The van der Waals surface area contributed by atoms with Crippen LogP contribution in [0.15, 0.2) is 23.1 Å². The van der Waals surface area contributed by atoms with Gasteiger partial charge in [-0.05, 0) is 49.9 Å². The number of hydrogen-bond donors (Lipinski definition) is 1. The van der Waals surface area contributed by atoms with E-state index in [1.165, 1.54) is 32.1 Å². The van der Waals surface area contributed by atoms with E-state index in [2.05, 4.69) is 19.2 Å². The summed E-state index contributed by atoms with van der Waals surface area (Å²) in [6.07, 6.45) is 6.53. The molecular formula is C17H25Cl2NS.